The Labute approximate surface area is 463 Å². The Morgan fingerprint density at radius 3 is 1.09 bits per heavy atom. The maximum Gasteiger partial charge on any atom is 0.472 e. The molecule has 436 valence electrons. The van der Waals surface area contributed by atoms with Crippen molar-refractivity contribution in [2.24, 2.45) is 0 Å². The number of rotatable bonds is 55. The Morgan fingerprint density at radius 2 is 0.684 bits per heavy atom. The molecule has 0 aromatic carbocycles. The second-order valence-electron chi connectivity index (χ2n) is 19.7. The third-order valence-electron chi connectivity index (χ3n) is 12.5. The molecule has 12 heteroatoms. The molecule has 0 aliphatic heterocycles. The van der Waals surface area contributed by atoms with Gasteiger partial charge in [0, 0.05) is 19.3 Å². The summed E-state index contributed by atoms with van der Waals surface area (Å²) >= 11 is 0. The summed E-state index contributed by atoms with van der Waals surface area (Å²) in [6, 6.07) is 0. The number of carbonyl (C=O) groups is 3. The molecule has 0 aromatic heterocycles. The number of aliphatic hydroxyl groups excluding tert-OH is 1. The first-order chi connectivity index (χ1) is 37.2. The highest BCUT2D eigenvalue weighted by Crippen LogP contribution is 2.43. The summed E-state index contributed by atoms with van der Waals surface area (Å²) in [6.45, 7) is 4.36. The molecular weight excluding hydrogens is 976 g/mol. The normalized spacial score (nSPS) is 14.0. The number of allylic oxidation sites excluding steroid dienone is 16. The second-order valence-corrected chi connectivity index (χ2v) is 21.2. The Balaban J connectivity index is 4.78. The minimum absolute atomic E-state index is 0.120. The van der Waals surface area contributed by atoms with Gasteiger partial charge in [-0.15, -0.1) is 0 Å². The van der Waals surface area contributed by atoms with E-state index < -0.39 is 57.8 Å². The van der Waals surface area contributed by atoms with E-state index in [2.05, 4.69) is 118 Å². The molecule has 2 N–H and O–H groups in total. The maximum atomic E-state index is 12.9. The van der Waals surface area contributed by atoms with Crippen molar-refractivity contribution in [3.8, 4) is 0 Å². The molecule has 3 unspecified atom stereocenters. The molecule has 0 aromatic rings. The first kappa shape index (κ1) is 72.4. The molecule has 0 amide bonds. The van der Waals surface area contributed by atoms with Gasteiger partial charge >= 0.3 is 25.7 Å². The SMILES string of the molecule is CC/C=C\C/C=C\C/C=C\C/C=C\CCCCC(=O)OC(CO)COP(=O)(O)OCC(COC(=O)CCCCCCCCC/C=C\CCCCCCCC)OC(=O)CCCCCCCCC/C=C\C/C=C\C/C=C\CC. The van der Waals surface area contributed by atoms with Gasteiger partial charge in [-0.25, -0.2) is 4.57 Å². The van der Waals surface area contributed by atoms with Crippen LogP contribution in [-0.2, 0) is 42.2 Å². The summed E-state index contributed by atoms with van der Waals surface area (Å²) in [4.78, 5) is 48.6. The summed E-state index contributed by atoms with van der Waals surface area (Å²) < 4.78 is 39.5. The number of hydrogen-bond donors (Lipinski definition) is 2. The van der Waals surface area contributed by atoms with Gasteiger partial charge in [0.05, 0.1) is 19.8 Å². The fourth-order valence-electron chi connectivity index (χ4n) is 7.94. The molecular formula is C64H109O11P. The standard InChI is InChI=1S/C64H109O11P/c1-4-7-10-13-16-19-22-25-28-30-33-35-38-41-44-47-50-53-62(66)71-57-61(75-64(68)55-52-49-46-43-40-37-34-31-29-26-23-20-17-14-11-8-5-2)59-73-76(69,70)72-58-60(56-65)74-63(67)54-51-48-45-42-39-36-32-27-24-21-18-15-12-9-6-3/h8-9,11-12,17-18,20-21,25-29,32,39,42,60-61,65H,4-7,10,13-16,19,22-24,30-31,33-38,40-41,43-59H2,1-3H3,(H,69,70)/b11-8-,12-9-,20-17-,21-18-,28-25-,29-26-,32-27-,42-39-. The number of ether oxygens (including phenoxy) is 3. The van der Waals surface area contributed by atoms with E-state index in [9.17, 15) is 28.9 Å². The van der Waals surface area contributed by atoms with Crippen molar-refractivity contribution in [2.75, 3.05) is 26.4 Å². The smallest absolute Gasteiger partial charge is 0.462 e. The first-order valence-corrected chi connectivity index (χ1v) is 31.6. The van der Waals surface area contributed by atoms with E-state index in [0.717, 1.165) is 122 Å². The van der Waals surface area contributed by atoms with Gasteiger partial charge in [-0.3, -0.25) is 23.4 Å². The van der Waals surface area contributed by atoms with Crippen LogP contribution >= 0.6 is 7.82 Å². The number of phosphoric acid groups is 1. The monoisotopic (exact) mass is 1080 g/mol. The van der Waals surface area contributed by atoms with Crippen LogP contribution in [0, 0.1) is 0 Å². The van der Waals surface area contributed by atoms with Crippen LogP contribution in [0.15, 0.2) is 97.2 Å². The molecule has 3 atom stereocenters. The lowest BCUT2D eigenvalue weighted by molar-refractivity contribution is -0.161. The van der Waals surface area contributed by atoms with E-state index in [4.69, 9.17) is 23.3 Å². The van der Waals surface area contributed by atoms with Crippen LogP contribution in [0.5, 0.6) is 0 Å². The summed E-state index contributed by atoms with van der Waals surface area (Å²) in [5.74, 6) is -1.52. The molecule has 0 aliphatic rings. The topological polar surface area (TPSA) is 155 Å². The predicted molar refractivity (Wildman–Crippen MR) is 316 cm³/mol. The molecule has 0 spiro atoms. The zero-order chi connectivity index (χ0) is 55.5. The van der Waals surface area contributed by atoms with Gasteiger partial charge in [-0.1, -0.05) is 214 Å². The zero-order valence-electron chi connectivity index (χ0n) is 48.2. The van der Waals surface area contributed by atoms with Crippen molar-refractivity contribution in [3.05, 3.63) is 97.2 Å². The van der Waals surface area contributed by atoms with E-state index in [-0.39, 0.29) is 25.9 Å². The number of hydrogen-bond acceptors (Lipinski definition) is 10. The van der Waals surface area contributed by atoms with Gasteiger partial charge in [-0.05, 0) is 116 Å². The molecule has 0 saturated carbocycles. The van der Waals surface area contributed by atoms with Crippen LogP contribution in [0.1, 0.15) is 252 Å². The number of unbranched alkanes of at least 4 members (excludes halogenated alkanes) is 22. The van der Waals surface area contributed by atoms with Crippen molar-refractivity contribution in [1.29, 1.82) is 0 Å². The van der Waals surface area contributed by atoms with Crippen molar-refractivity contribution in [2.45, 2.75) is 264 Å². The number of carbonyl (C=O) groups excluding carboxylic acids is 3. The van der Waals surface area contributed by atoms with Crippen molar-refractivity contribution >= 4 is 25.7 Å². The van der Waals surface area contributed by atoms with E-state index in [1.54, 1.807) is 0 Å². The fraction of sp³-hybridized carbons (Fsp3) is 0.703. The van der Waals surface area contributed by atoms with E-state index in [1.807, 2.05) is 0 Å². The van der Waals surface area contributed by atoms with Crippen LogP contribution in [0.25, 0.3) is 0 Å². The Morgan fingerprint density at radius 1 is 0.382 bits per heavy atom. The summed E-state index contributed by atoms with van der Waals surface area (Å²) in [5.41, 5.74) is 0. The highest BCUT2D eigenvalue weighted by Gasteiger charge is 2.28. The predicted octanol–water partition coefficient (Wildman–Crippen LogP) is 18.0. The molecule has 0 aliphatic carbocycles. The lowest BCUT2D eigenvalue weighted by Crippen LogP contribution is -2.30. The summed E-state index contributed by atoms with van der Waals surface area (Å²) in [7, 11) is -4.77. The molecule has 0 saturated heterocycles. The van der Waals surface area contributed by atoms with Crippen molar-refractivity contribution in [1.82, 2.24) is 0 Å². The largest absolute Gasteiger partial charge is 0.472 e. The number of phosphoric ester groups is 1. The molecule has 0 bridgehead atoms. The van der Waals surface area contributed by atoms with Crippen LogP contribution in [-0.4, -0.2) is 66.5 Å². The minimum Gasteiger partial charge on any atom is -0.462 e. The van der Waals surface area contributed by atoms with Gasteiger partial charge in [0.15, 0.2) is 6.10 Å². The lowest BCUT2D eigenvalue weighted by atomic mass is 10.1. The van der Waals surface area contributed by atoms with Gasteiger partial charge in [0.1, 0.15) is 12.7 Å². The number of aliphatic hydroxyl groups is 1. The minimum atomic E-state index is -4.77. The zero-order valence-corrected chi connectivity index (χ0v) is 49.1. The van der Waals surface area contributed by atoms with Crippen LogP contribution in [0.4, 0.5) is 0 Å². The average Bonchev–Trinajstić information content (AvgIpc) is 3.41. The summed E-state index contributed by atoms with van der Waals surface area (Å²) in [5, 5.41) is 9.82. The maximum absolute atomic E-state index is 12.9. The van der Waals surface area contributed by atoms with E-state index >= 15 is 0 Å². The van der Waals surface area contributed by atoms with E-state index in [0.29, 0.717) is 19.3 Å². The lowest BCUT2D eigenvalue weighted by Gasteiger charge is -2.21. The quantitative estimate of drug-likeness (QED) is 0.0197. The third-order valence-corrected chi connectivity index (χ3v) is 13.4. The Hall–Kier alpha value is -3.60. The Bertz CT molecular complexity index is 1640. The van der Waals surface area contributed by atoms with Crippen molar-refractivity contribution in [3.63, 3.8) is 0 Å². The van der Waals surface area contributed by atoms with Crippen LogP contribution in [0.3, 0.4) is 0 Å². The Kier molecular flexibility index (Phi) is 54.8. The number of esters is 3. The van der Waals surface area contributed by atoms with Crippen molar-refractivity contribution < 1.29 is 52.2 Å². The molecule has 76 heavy (non-hydrogen) atoms. The van der Waals surface area contributed by atoms with Crippen LogP contribution in [0.2, 0.25) is 0 Å². The van der Waals surface area contributed by atoms with Gasteiger partial charge < -0.3 is 24.2 Å². The highest BCUT2D eigenvalue weighted by atomic mass is 31.2. The van der Waals surface area contributed by atoms with Gasteiger partial charge in [-0.2, -0.15) is 0 Å². The molecule has 0 heterocycles. The summed E-state index contributed by atoms with van der Waals surface area (Å²) in [6.07, 6.45) is 67.9. The molecule has 0 rings (SSSR count). The van der Waals surface area contributed by atoms with Crippen LogP contribution < -0.4 is 0 Å². The van der Waals surface area contributed by atoms with Gasteiger partial charge in [0.25, 0.3) is 0 Å². The molecule has 0 radical (unpaired) electrons. The highest BCUT2D eigenvalue weighted by molar-refractivity contribution is 7.47. The second kappa shape index (κ2) is 57.6. The average molecular weight is 1090 g/mol. The third kappa shape index (κ3) is 55.2. The molecule has 0 fully saturated rings. The van der Waals surface area contributed by atoms with Gasteiger partial charge in [0.2, 0.25) is 0 Å². The molecule has 11 nitrogen and oxygen atoms in total. The van der Waals surface area contributed by atoms with E-state index in [1.165, 1.54) is 70.6 Å². The fourth-order valence-corrected chi connectivity index (χ4v) is 8.73. The first-order valence-electron chi connectivity index (χ1n) is 30.1.